The molecule has 0 saturated heterocycles. The fourth-order valence-electron chi connectivity index (χ4n) is 1.80. The first-order valence-electron chi connectivity index (χ1n) is 4.91. The van der Waals surface area contributed by atoms with E-state index in [0.717, 1.165) is 0 Å². The zero-order valence-corrected chi connectivity index (χ0v) is 8.25. The molecule has 0 atom stereocenters. The molecule has 1 aromatic rings. The molecule has 2 rings (SSSR count). The van der Waals surface area contributed by atoms with E-state index in [1.807, 2.05) is 0 Å². The van der Waals surface area contributed by atoms with Crippen molar-refractivity contribution in [3.8, 4) is 5.75 Å². The van der Waals surface area contributed by atoms with Crippen LogP contribution in [-0.2, 0) is 6.42 Å². The summed E-state index contributed by atoms with van der Waals surface area (Å²) in [5.74, 6) is -0.0909. The van der Waals surface area contributed by atoms with Crippen LogP contribution in [0.5, 0.6) is 5.75 Å². The monoisotopic (exact) mass is 209 g/mol. The van der Waals surface area contributed by atoms with Crippen molar-refractivity contribution in [2.24, 2.45) is 5.73 Å². The van der Waals surface area contributed by atoms with Gasteiger partial charge in [-0.25, -0.2) is 4.39 Å². The van der Waals surface area contributed by atoms with E-state index in [-0.39, 0.29) is 24.3 Å². The molecule has 0 bridgehead atoms. The Morgan fingerprint density at radius 1 is 1.53 bits per heavy atom. The molecule has 0 amide bonds. The number of nitrogens with two attached hydrogens (primary N) is 1. The van der Waals surface area contributed by atoms with Crippen LogP contribution in [0.15, 0.2) is 12.1 Å². The highest BCUT2D eigenvalue weighted by molar-refractivity contribution is 5.98. The summed E-state index contributed by atoms with van der Waals surface area (Å²) in [6.45, 7) is 0.754. The van der Waals surface area contributed by atoms with Gasteiger partial charge in [0.25, 0.3) is 0 Å². The molecule has 1 heterocycles. The predicted octanol–water partition coefficient (Wildman–Crippen LogP) is 1.29. The summed E-state index contributed by atoms with van der Waals surface area (Å²) in [4.78, 5) is 11.6. The number of ether oxygens (including phenoxy) is 1. The van der Waals surface area contributed by atoms with Crippen LogP contribution in [0.3, 0.4) is 0 Å². The third-order valence-electron chi connectivity index (χ3n) is 2.48. The maximum Gasteiger partial charge on any atom is 0.167 e. The summed E-state index contributed by atoms with van der Waals surface area (Å²) in [7, 11) is 0. The summed E-state index contributed by atoms with van der Waals surface area (Å²) in [6.07, 6.45) is 0.770. The average Bonchev–Trinajstić information content (AvgIpc) is 2.65. The molecule has 0 aliphatic carbocycles. The Balaban J connectivity index is 2.45. The van der Waals surface area contributed by atoms with Gasteiger partial charge in [-0.3, -0.25) is 4.79 Å². The van der Waals surface area contributed by atoms with Crippen LogP contribution in [0.2, 0.25) is 0 Å². The van der Waals surface area contributed by atoms with Crippen molar-refractivity contribution in [3.05, 3.63) is 29.1 Å². The molecule has 15 heavy (non-hydrogen) atoms. The summed E-state index contributed by atoms with van der Waals surface area (Å²) in [5.41, 5.74) is 6.14. The van der Waals surface area contributed by atoms with Crippen LogP contribution in [0.25, 0.3) is 0 Å². The quantitative estimate of drug-likeness (QED) is 0.763. The molecule has 1 aliphatic rings. The van der Waals surface area contributed by atoms with Gasteiger partial charge in [0.2, 0.25) is 0 Å². The predicted molar refractivity (Wildman–Crippen MR) is 53.6 cm³/mol. The van der Waals surface area contributed by atoms with E-state index in [0.29, 0.717) is 24.3 Å². The maximum absolute atomic E-state index is 13.5. The zero-order valence-electron chi connectivity index (χ0n) is 8.25. The van der Waals surface area contributed by atoms with Crippen LogP contribution in [-0.4, -0.2) is 18.9 Å². The molecule has 3 nitrogen and oxygen atoms in total. The highest BCUT2D eigenvalue weighted by Crippen LogP contribution is 2.30. The van der Waals surface area contributed by atoms with Crippen LogP contribution in [0.1, 0.15) is 22.3 Å². The van der Waals surface area contributed by atoms with Crippen molar-refractivity contribution in [2.75, 3.05) is 13.2 Å². The topological polar surface area (TPSA) is 52.3 Å². The lowest BCUT2D eigenvalue weighted by atomic mass is 9.99. The van der Waals surface area contributed by atoms with E-state index in [1.165, 1.54) is 6.07 Å². The van der Waals surface area contributed by atoms with Crippen LogP contribution < -0.4 is 10.5 Å². The molecule has 0 saturated carbocycles. The molecular weight excluding hydrogens is 197 g/mol. The second kappa shape index (κ2) is 3.98. The Morgan fingerprint density at radius 3 is 3.07 bits per heavy atom. The standard InChI is InChI=1S/C11H12FNO2/c12-8-1-2-10-7(4-6-15-10)11(8)9(14)3-5-13/h1-2H,3-6,13H2. The lowest BCUT2D eigenvalue weighted by Crippen LogP contribution is -2.11. The second-order valence-corrected chi connectivity index (χ2v) is 3.46. The largest absolute Gasteiger partial charge is 0.493 e. The molecule has 1 aliphatic heterocycles. The van der Waals surface area contributed by atoms with Crippen molar-refractivity contribution < 1.29 is 13.9 Å². The van der Waals surface area contributed by atoms with Gasteiger partial charge in [-0.15, -0.1) is 0 Å². The van der Waals surface area contributed by atoms with E-state index in [2.05, 4.69) is 0 Å². The number of hydrogen-bond donors (Lipinski definition) is 1. The summed E-state index contributed by atoms with van der Waals surface area (Å²) in [5, 5.41) is 0. The lowest BCUT2D eigenvalue weighted by molar-refractivity contribution is 0.0980. The van der Waals surface area contributed by atoms with Crippen molar-refractivity contribution in [1.29, 1.82) is 0 Å². The van der Waals surface area contributed by atoms with Crippen LogP contribution in [0, 0.1) is 5.82 Å². The number of benzene rings is 1. The molecule has 0 radical (unpaired) electrons. The van der Waals surface area contributed by atoms with Crippen molar-refractivity contribution in [3.63, 3.8) is 0 Å². The van der Waals surface area contributed by atoms with Gasteiger partial charge in [0.1, 0.15) is 11.6 Å². The highest BCUT2D eigenvalue weighted by Gasteiger charge is 2.23. The first-order chi connectivity index (χ1) is 7.24. The Bertz CT molecular complexity index is 404. The third-order valence-corrected chi connectivity index (χ3v) is 2.48. The molecule has 80 valence electrons. The molecule has 0 aromatic heterocycles. The molecule has 4 heteroatoms. The van der Waals surface area contributed by atoms with Gasteiger partial charge in [-0.2, -0.15) is 0 Å². The lowest BCUT2D eigenvalue weighted by Gasteiger charge is -2.06. The molecule has 0 spiro atoms. The summed E-state index contributed by atoms with van der Waals surface area (Å²) < 4.78 is 18.8. The SMILES string of the molecule is NCCC(=O)c1c(F)ccc2c1CCO2. The number of rotatable bonds is 3. The van der Waals surface area contributed by atoms with Gasteiger partial charge in [-0.1, -0.05) is 0 Å². The summed E-state index contributed by atoms with van der Waals surface area (Å²) >= 11 is 0. The van der Waals surface area contributed by atoms with Crippen LogP contribution in [0.4, 0.5) is 4.39 Å². The number of carbonyl (C=O) groups is 1. The molecule has 0 unspecified atom stereocenters. The van der Waals surface area contributed by atoms with Gasteiger partial charge in [0, 0.05) is 18.4 Å². The number of hydrogen-bond acceptors (Lipinski definition) is 3. The zero-order chi connectivity index (χ0) is 10.8. The molecule has 2 N–H and O–H groups in total. The van der Waals surface area contributed by atoms with E-state index < -0.39 is 5.82 Å². The number of Topliss-reactive ketones (excluding diaryl/α,β-unsaturated/α-hetero) is 1. The van der Waals surface area contributed by atoms with Crippen molar-refractivity contribution in [2.45, 2.75) is 12.8 Å². The number of halogens is 1. The molecule has 0 fully saturated rings. The van der Waals surface area contributed by atoms with E-state index in [9.17, 15) is 9.18 Å². The van der Waals surface area contributed by atoms with Crippen LogP contribution >= 0.6 is 0 Å². The first kappa shape index (κ1) is 10.1. The minimum atomic E-state index is -0.474. The van der Waals surface area contributed by atoms with E-state index in [4.69, 9.17) is 10.5 Å². The highest BCUT2D eigenvalue weighted by atomic mass is 19.1. The Hall–Kier alpha value is -1.42. The Morgan fingerprint density at radius 2 is 2.33 bits per heavy atom. The van der Waals surface area contributed by atoms with E-state index in [1.54, 1.807) is 6.07 Å². The normalized spacial score (nSPS) is 13.5. The fourth-order valence-corrected chi connectivity index (χ4v) is 1.80. The Labute approximate surface area is 87.0 Å². The fraction of sp³-hybridized carbons (Fsp3) is 0.364. The summed E-state index contributed by atoms with van der Waals surface area (Å²) in [6, 6.07) is 2.84. The number of fused-ring (bicyclic) bond motifs is 1. The van der Waals surface area contributed by atoms with Gasteiger partial charge in [0.05, 0.1) is 12.2 Å². The van der Waals surface area contributed by atoms with Gasteiger partial charge in [-0.05, 0) is 18.7 Å². The minimum Gasteiger partial charge on any atom is -0.493 e. The number of carbonyl (C=O) groups excluding carboxylic acids is 1. The van der Waals surface area contributed by atoms with Gasteiger partial charge in [0.15, 0.2) is 5.78 Å². The Kier molecular flexibility index (Phi) is 2.68. The van der Waals surface area contributed by atoms with Crippen molar-refractivity contribution in [1.82, 2.24) is 0 Å². The first-order valence-corrected chi connectivity index (χ1v) is 4.91. The number of ketones is 1. The smallest absolute Gasteiger partial charge is 0.167 e. The average molecular weight is 209 g/mol. The van der Waals surface area contributed by atoms with Gasteiger partial charge >= 0.3 is 0 Å². The third kappa shape index (κ3) is 1.72. The van der Waals surface area contributed by atoms with Gasteiger partial charge < -0.3 is 10.5 Å². The molecule has 1 aromatic carbocycles. The maximum atomic E-state index is 13.5. The van der Waals surface area contributed by atoms with E-state index >= 15 is 0 Å². The van der Waals surface area contributed by atoms with Crippen molar-refractivity contribution >= 4 is 5.78 Å². The molecular formula is C11H12FNO2. The second-order valence-electron chi connectivity index (χ2n) is 3.46. The minimum absolute atomic E-state index is 0.162.